The number of hydrogen-bond donors (Lipinski definition) is 2. The third-order valence-electron chi connectivity index (χ3n) is 6.32. The molecule has 0 spiro atoms. The first kappa shape index (κ1) is 22.3. The molecule has 2 heterocycles. The summed E-state index contributed by atoms with van der Waals surface area (Å²) in [4.78, 5) is 45.6. The van der Waals surface area contributed by atoms with Gasteiger partial charge in [-0.1, -0.05) is 43.5 Å². The van der Waals surface area contributed by atoms with E-state index in [2.05, 4.69) is 15.6 Å². The summed E-state index contributed by atoms with van der Waals surface area (Å²) < 4.78 is 1.62. The van der Waals surface area contributed by atoms with Crippen LogP contribution < -0.4 is 10.6 Å². The summed E-state index contributed by atoms with van der Waals surface area (Å²) in [5.74, 6) is -1.05. The second-order valence-corrected chi connectivity index (χ2v) is 9.10. The minimum atomic E-state index is -1.06. The average molecular weight is 458 g/mol. The fraction of sp³-hybridized carbons (Fsp3) is 0.478. The zero-order valence-electron chi connectivity index (χ0n) is 18.4. The van der Waals surface area contributed by atoms with Crippen LogP contribution in [-0.2, 0) is 11.3 Å². The highest BCUT2D eigenvalue weighted by Crippen LogP contribution is 2.31. The normalized spacial score (nSPS) is 20.8. The van der Waals surface area contributed by atoms with Crippen LogP contribution in [0, 0.1) is 0 Å². The van der Waals surface area contributed by atoms with E-state index in [4.69, 9.17) is 11.6 Å². The number of amides is 3. The van der Waals surface area contributed by atoms with E-state index in [0.29, 0.717) is 23.7 Å². The van der Waals surface area contributed by atoms with Gasteiger partial charge in [0.15, 0.2) is 5.69 Å². The quantitative estimate of drug-likeness (QED) is 0.694. The van der Waals surface area contributed by atoms with Gasteiger partial charge in [-0.3, -0.25) is 14.4 Å². The Kier molecular flexibility index (Phi) is 6.24. The van der Waals surface area contributed by atoms with Crippen molar-refractivity contribution in [2.45, 2.75) is 64.1 Å². The van der Waals surface area contributed by atoms with E-state index in [9.17, 15) is 14.4 Å². The van der Waals surface area contributed by atoms with Crippen LogP contribution in [0.4, 0.5) is 5.69 Å². The standard InChI is InChI=1S/C23H28ClN5O3/c1-3-12-29-21(31)19-18(20(30)27-17-11-7-6-10-16(17)24)25-14-28(19)13-23(29,2)22(32)26-15-8-4-5-9-15/h6-7,10-11,14-15H,3-5,8-9,12-13H2,1-2H3,(H,26,32)(H,27,30)/t23-/m0/s1. The van der Waals surface area contributed by atoms with Gasteiger partial charge >= 0.3 is 0 Å². The summed E-state index contributed by atoms with van der Waals surface area (Å²) in [6, 6.07) is 7.02. The number of aromatic nitrogens is 2. The first-order valence-corrected chi connectivity index (χ1v) is 11.5. The van der Waals surface area contributed by atoms with Crippen LogP contribution in [0.1, 0.15) is 66.9 Å². The number of carbonyl (C=O) groups is 3. The minimum Gasteiger partial charge on any atom is -0.351 e. The maximum absolute atomic E-state index is 13.5. The highest BCUT2D eigenvalue weighted by atomic mass is 35.5. The van der Waals surface area contributed by atoms with Crippen LogP contribution in [0.25, 0.3) is 0 Å². The van der Waals surface area contributed by atoms with Gasteiger partial charge in [-0.2, -0.15) is 0 Å². The molecule has 1 fully saturated rings. The number of anilines is 1. The van der Waals surface area contributed by atoms with Crippen molar-refractivity contribution in [3.63, 3.8) is 0 Å². The predicted molar refractivity (Wildman–Crippen MR) is 122 cm³/mol. The molecular formula is C23H28ClN5O3. The van der Waals surface area contributed by atoms with E-state index < -0.39 is 11.4 Å². The number of fused-ring (bicyclic) bond motifs is 1. The molecule has 2 aromatic rings. The van der Waals surface area contributed by atoms with Crippen molar-refractivity contribution < 1.29 is 14.4 Å². The molecule has 2 N–H and O–H groups in total. The molecule has 170 valence electrons. The van der Waals surface area contributed by atoms with Gasteiger partial charge in [0.25, 0.3) is 11.8 Å². The molecule has 1 aliphatic heterocycles. The second-order valence-electron chi connectivity index (χ2n) is 8.69. The Labute approximate surface area is 192 Å². The maximum atomic E-state index is 13.5. The SMILES string of the molecule is CCCN1C(=O)c2c(C(=O)Nc3ccccc3Cl)ncn2C[C@@]1(C)C(=O)NC1CCCC1. The van der Waals surface area contributed by atoms with Crippen LogP contribution >= 0.6 is 11.6 Å². The number of nitrogens with one attached hydrogen (secondary N) is 2. The molecule has 0 bridgehead atoms. The molecule has 9 heteroatoms. The van der Waals surface area contributed by atoms with Crippen molar-refractivity contribution in [2.24, 2.45) is 0 Å². The van der Waals surface area contributed by atoms with Crippen LogP contribution in [0.2, 0.25) is 5.02 Å². The number of carbonyl (C=O) groups excluding carboxylic acids is 3. The number of para-hydroxylation sites is 1. The molecule has 1 aliphatic carbocycles. The van der Waals surface area contributed by atoms with Crippen LogP contribution in [0.5, 0.6) is 0 Å². The van der Waals surface area contributed by atoms with Crippen molar-refractivity contribution in [3.8, 4) is 0 Å². The Balaban J connectivity index is 1.63. The predicted octanol–water partition coefficient (Wildman–Crippen LogP) is 3.47. The largest absolute Gasteiger partial charge is 0.351 e. The molecule has 2 aliphatic rings. The summed E-state index contributed by atoms with van der Waals surface area (Å²) in [7, 11) is 0. The zero-order chi connectivity index (χ0) is 22.9. The van der Waals surface area contributed by atoms with Gasteiger partial charge < -0.3 is 20.1 Å². The van der Waals surface area contributed by atoms with Crippen molar-refractivity contribution in [1.29, 1.82) is 0 Å². The summed E-state index contributed by atoms with van der Waals surface area (Å²) in [5, 5.41) is 6.25. The van der Waals surface area contributed by atoms with Crippen LogP contribution in [0.15, 0.2) is 30.6 Å². The summed E-state index contributed by atoms with van der Waals surface area (Å²) >= 11 is 6.15. The lowest BCUT2D eigenvalue weighted by molar-refractivity contribution is -0.133. The topological polar surface area (TPSA) is 96.3 Å². The van der Waals surface area contributed by atoms with Gasteiger partial charge in [0.1, 0.15) is 11.2 Å². The highest BCUT2D eigenvalue weighted by molar-refractivity contribution is 6.34. The number of hydrogen-bond acceptors (Lipinski definition) is 4. The molecular weight excluding hydrogens is 430 g/mol. The van der Waals surface area contributed by atoms with Gasteiger partial charge in [0.2, 0.25) is 5.91 Å². The van der Waals surface area contributed by atoms with Crippen LogP contribution in [0.3, 0.4) is 0 Å². The molecule has 1 aromatic heterocycles. The number of imidazole rings is 1. The van der Waals surface area contributed by atoms with Gasteiger partial charge in [-0.15, -0.1) is 0 Å². The minimum absolute atomic E-state index is 0.0225. The maximum Gasteiger partial charge on any atom is 0.276 e. The fourth-order valence-corrected chi connectivity index (χ4v) is 4.77. The molecule has 32 heavy (non-hydrogen) atoms. The Morgan fingerprint density at radius 1 is 1.25 bits per heavy atom. The lowest BCUT2D eigenvalue weighted by Gasteiger charge is -2.44. The monoisotopic (exact) mass is 457 g/mol. The Bertz CT molecular complexity index is 1050. The zero-order valence-corrected chi connectivity index (χ0v) is 19.1. The Morgan fingerprint density at radius 2 is 1.97 bits per heavy atom. The summed E-state index contributed by atoms with van der Waals surface area (Å²) in [6.45, 7) is 4.39. The third-order valence-corrected chi connectivity index (χ3v) is 6.65. The lowest BCUT2D eigenvalue weighted by atomic mass is 9.93. The van der Waals surface area contributed by atoms with Crippen molar-refractivity contribution in [1.82, 2.24) is 19.8 Å². The number of nitrogens with zero attached hydrogens (tertiary/aromatic N) is 3. The van der Waals surface area contributed by atoms with Gasteiger partial charge in [-0.25, -0.2) is 4.98 Å². The molecule has 3 amide bonds. The van der Waals surface area contributed by atoms with Crippen molar-refractivity contribution >= 4 is 35.0 Å². The Hall–Kier alpha value is -2.87. The summed E-state index contributed by atoms with van der Waals surface area (Å²) in [6.07, 6.45) is 6.29. The fourth-order valence-electron chi connectivity index (χ4n) is 4.58. The molecule has 4 rings (SSSR count). The van der Waals surface area contributed by atoms with Crippen molar-refractivity contribution in [2.75, 3.05) is 11.9 Å². The van der Waals surface area contributed by atoms with Crippen molar-refractivity contribution in [3.05, 3.63) is 47.0 Å². The van der Waals surface area contributed by atoms with E-state index in [-0.39, 0.29) is 35.8 Å². The molecule has 8 nitrogen and oxygen atoms in total. The lowest BCUT2D eigenvalue weighted by Crippen LogP contribution is -2.65. The highest BCUT2D eigenvalue weighted by Gasteiger charge is 2.48. The van der Waals surface area contributed by atoms with Crippen LogP contribution in [-0.4, -0.2) is 50.3 Å². The molecule has 0 unspecified atom stereocenters. The smallest absolute Gasteiger partial charge is 0.276 e. The van der Waals surface area contributed by atoms with E-state index in [1.54, 1.807) is 40.7 Å². The average Bonchev–Trinajstić information content (AvgIpc) is 3.42. The first-order valence-electron chi connectivity index (χ1n) is 11.1. The molecule has 0 saturated heterocycles. The van der Waals surface area contributed by atoms with E-state index >= 15 is 0 Å². The van der Waals surface area contributed by atoms with E-state index in [1.165, 1.54) is 6.33 Å². The number of benzene rings is 1. The summed E-state index contributed by atoms with van der Waals surface area (Å²) in [5.41, 5.74) is -0.404. The number of rotatable bonds is 6. The molecule has 0 radical (unpaired) electrons. The molecule has 1 aromatic carbocycles. The number of halogens is 1. The molecule has 1 atom stereocenters. The van der Waals surface area contributed by atoms with E-state index in [0.717, 1.165) is 25.7 Å². The van der Waals surface area contributed by atoms with Gasteiger partial charge in [-0.05, 0) is 38.3 Å². The second kappa shape index (κ2) is 8.94. The third kappa shape index (κ3) is 3.99. The van der Waals surface area contributed by atoms with Gasteiger partial charge in [0, 0.05) is 12.6 Å². The van der Waals surface area contributed by atoms with E-state index in [1.807, 2.05) is 6.92 Å². The first-order chi connectivity index (χ1) is 15.3. The van der Waals surface area contributed by atoms with Gasteiger partial charge in [0.05, 0.1) is 23.6 Å². The Morgan fingerprint density at radius 3 is 2.66 bits per heavy atom. The molecule has 1 saturated carbocycles.